The first-order valence-electron chi connectivity index (χ1n) is 20.0. The van der Waals surface area contributed by atoms with Crippen LogP contribution in [-0.2, 0) is 40.0 Å². The minimum absolute atomic E-state index is 0.00706. The van der Waals surface area contributed by atoms with Crippen molar-refractivity contribution in [2.45, 2.75) is 109 Å². The van der Waals surface area contributed by atoms with Crippen molar-refractivity contribution in [1.82, 2.24) is 26.6 Å². The van der Waals surface area contributed by atoms with Crippen molar-refractivity contribution in [3.05, 3.63) is 65.7 Å². The summed E-state index contributed by atoms with van der Waals surface area (Å²) in [6.45, 7) is 6.38. The molecule has 0 heterocycles. The van der Waals surface area contributed by atoms with E-state index < -0.39 is 102 Å². The number of rotatable bonds is 26. The average Bonchev–Trinajstić information content (AvgIpc) is 3.20. The molecule has 334 valence electrons. The van der Waals surface area contributed by atoms with Gasteiger partial charge in [-0.05, 0) is 56.2 Å². The van der Waals surface area contributed by atoms with Crippen LogP contribution in [0.15, 0.2) is 59.6 Å². The Morgan fingerprint density at radius 3 is 1.85 bits per heavy atom. The van der Waals surface area contributed by atoms with Gasteiger partial charge in [0.05, 0.1) is 17.7 Å². The number of aliphatic imine (C=N–C) groups is 1. The van der Waals surface area contributed by atoms with Gasteiger partial charge in [-0.15, -0.1) is 0 Å². The van der Waals surface area contributed by atoms with Gasteiger partial charge in [0.2, 0.25) is 35.4 Å². The molecule has 16 N–H and O–H groups in total. The van der Waals surface area contributed by atoms with Crippen LogP contribution in [0.1, 0.15) is 82.1 Å². The second-order valence-corrected chi connectivity index (χ2v) is 15.0. The standard InChI is InChI=1S/C41H61N11O9/c1-5-22(2)33(51-40(61)34(24(4)53)52-37(58)26-14-9-10-15-27(26)42)39(60)50-30(21-25-12-7-6-8-13-25)31(54)20-23(3)36(57)49-29(17-18-32(43)55)38(59)48-28(35(44)56)16-11-19-47-41(45)46/h6-10,12-15,22-24,28-30,33-34,53H,5,11,16-21,42H2,1-4H3,(H2,43,55)(H2,44,56)(H,48,59)(H,49,57)(H,50,60)(H,51,61)(H,52,58)(H4,45,46,47)/t22-,23?,24+,28-,29-,30-,33-,34-/m0/s1. The number of aliphatic hydroxyl groups is 1. The van der Waals surface area contributed by atoms with Crippen LogP contribution in [0.25, 0.3) is 0 Å². The Labute approximate surface area is 355 Å². The van der Waals surface area contributed by atoms with Crippen LogP contribution in [0, 0.1) is 11.8 Å². The number of anilines is 1. The van der Waals surface area contributed by atoms with Crippen LogP contribution in [0.2, 0.25) is 0 Å². The number of Topliss-reactive ketones (excluding diaryl/α,β-unsaturated/α-hetero) is 1. The number of nitrogens with zero attached hydrogens (tertiary/aromatic N) is 1. The fourth-order valence-electron chi connectivity index (χ4n) is 6.10. The van der Waals surface area contributed by atoms with Gasteiger partial charge in [-0.25, -0.2) is 0 Å². The number of nitrogens with one attached hydrogen (secondary N) is 5. The summed E-state index contributed by atoms with van der Waals surface area (Å²) in [6, 6.07) is 8.48. The zero-order valence-electron chi connectivity index (χ0n) is 35.0. The van der Waals surface area contributed by atoms with E-state index >= 15 is 0 Å². The van der Waals surface area contributed by atoms with Crippen LogP contribution in [0.5, 0.6) is 0 Å². The summed E-state index contributed by atoms with van der Waals surface area (Å²) in [5.41, 5.74) is 28.3. The molecule has 0 radical (unpaired) electrons. The third-order valence-electron chi connectivity index (χ3n) is 9.91. The molecule has 61 heavy (non-hydrogen) atoms. The number of amides is 7. The topological polar surface area (TPSA) is 359 Å². The SMILES string of the molecule is CC[C@H](C)[C@H](NC(=O)[C@@H](NC(=O)c1ccccc1N)[C@@H](C)O)C(=O)N[C@@H](Cc1ccccc1)C(=O)CC(C)C(=O)N[C@@H](CCC(N)=O)C(=O)N[C@@H](CCCN=C(N)N)C(N)=O. The second kappa shape index (κ2) is 25.1. The first kappa shape index (κ1) is 50.6. The largest absolute Gasteiger partial charge is 0.398 e. The Balaban J connectivity index is 2.29. The molecule has 8 atom stereocenters. The minimum atomic E-state index is -1.49. The summed E-state index contributed by atoms with van der Waals surface area (Å²) in [6.07, 6.45) is -1.58. The molecule has 0 aliphatic rings. The summed E-state index contributed by atoms with van der Waals surface area (Å²) in [4.78, 5) is 109. The van der Waals surface area contributed by atoms with Gasteiger partial charge in [-0.2, -0.15) is 0 Å². The third-order valence-corrected chi connectivity index (χ3v) is 9.91. The summed E-state index contributed by atoms with van der Waals surface area (Å²) in [5.74, 6) is -7.79. The van der Waals surface area contributed by atoms with E-state index in [-0.39, 0.29) is 55.9 Å². The van der Waals surface area contributed by atoms with Crippen LogP contribution in [0.4, 0.5) is 5.69 Å². The number of nitrogens with two attached hydrogens (primary N) is 5. The van der Waals surface area contributed by atoms with Gasteiger partial charge in [0.25, 0.3) is 5.91 Å². The normalized spacial score (nSPS) is 14.8. The average molecular weight is 852 g/mol. The highest BCUT2D eigenvalue weighted by molar-refractivity contribution is 6.02. The van der Waals surface area contributed by atoms with Crippen LogP contribution < -0.4 is 55.3 Å². The van der Waals surface area contributed by atoms with Crippen molar-refractivity contribution >= 4 is 58.8 Å². The van der Waals surface area contributed by atoms with Gasteiger partial charge >= 0.3 is 0 Å². The van der Waals surface area contributed by atoms with E-state index in [2.05, 4.69) is 31.6 Å². The number of carbonyl (C=O) groups is 8. The van der Waals surface area contributed by atoms with Crippen molar-refractivity contribution in [2.24, 2.45) is 39.8 Å². The molecule has 0 aliphatic heterocycles. The summed E-state index contributed by atoms with van der Waals surface area (Å²) < 4.78 is 0. The third kappa shape index (κ3) is 17.3. The number of benzene rings is 2. The lowest BCUT2D eigenvalue weighted by Gasteiger charge is -2.29. The van der Waals surface area contributed by atoms with E-state index in [0.717, 1.165) is 0 Å². The van der Waals surface area contributed by atoms with E-state index in [1.165, 1.54) is 26.0 Å². The molecule has 0 aromatic heterocycles. The maximum Gasteiger partial charge on any atom is 0.254 e. The van der Waals surface area contributed by atoms with Gasteiger partial charge < -0.3 is 60.4 Å². The first-order chi connectivity index (χ1) is 28.7. The first-order valence-corrected chi connectivity index (χ1v) is 20.0. The fourth-order valence-corrected chi connectivity index (χ4v) is 6.10. The highest BCUT2D eigenvalue weighted by Gasteiger charge is 2.35. The molecule has 1 unspecified atom stereocenters. The molecular weight excluding hydrogens is 791 g/mol. The summed E-state index contributed by atoms with van der Waals surface area (Å²) >= 11 is 0. The number of hydrogen-bond acceptors (Lipinski definition) is 11. The second-order valence-electron chi connectivity index (χ2n) is 15.0. The number of aliphatic hydroxyl groups excluding tert-OH is 1. The van der Waals surface area contributed by atoms with E-state index in [4.69, 9.17) is 28.7 Å². The van der Waals surface area contributed by atoms with Crippen LogP contribution >= 0.6 is 0 Å². The minimum Gasteiger partial charge on any atom is -0.398 e. The Morgan fingerprint density at radius 2 is 1.28 bits per heavy atom. The molecule has 0 spiro atoms. The lowest BCUT2D eigenvalue weighted by atomic mass is 9.93. The van der Waals surface area contributed by atoms with Crippen molar-refractivity contribution in [2.75, 3.05) is 12.3 Å². The quantitative estimate of drug-likeness (QED) is 0.0220. The highest BCUT2D eigenvalue weighted by Crippen LogP contribution is 2.16. The smallest absolute Gasteiger partial charge is 0.254 e. The van der Waals surface area contributed by atoms with Crippen molar-refractivity contribution in [3.8, 4) is 0 Å². The molecule has 2 rings (SSSR count). The molecule has 2 aromatic carbocycles. The van der Waals surface area contributed by atoms with Gasteiger partial charge in [-0.3, -0.25) is 43.3 Å². The highest BCUT2D eigenvalue weighted by atomic mass is 16.3. The number of guanidine groups is 1. The monoisotopic (exact) mass is 851 g/mol. The molecule has 0 saturated carbocycles. The maximum atomic E-state index is 14.0. The Bertz CT molecular complexity index is 1870. The molecule has 0 saturated heterocycles. The van der Waals surface area contributed by atoms with E-state index in [9.17, 15) is 43.5 Å². The Morgan fingerprint density at radius 1 is 0.689 bits per heavy atom. The molecule has 20 nitrogen and oxygen atoms in total. The van der Waals surface area contributed by atoms with E-state index in [1.54, 1.807) is 56.3 Å². The number of para-hydroxylation sites is 1. The lowest BCUT2D eigenvalue weighted by molar-refractivity contribution is -0.135. The summed E-state index contributed by atoms with van der Waals surface area (Å²) in [5, 5.41) is 23.4. The molecule has 2 aromatic rings. The number of hydrogen-bond donors (Lipinski definition) is 11. The maximum absolute atomic E-state index is 14.0. The number of nitrogen functional groups attached to an aromatic ring is 1. The van der Waals surface area contributed by atoms with Crippen molar-refractivity contribution in [3.63, 3.8) is 0 Å². The van der Waals surface area contributed by atoms with Gasteiger partial charge in [0, 0.05) is 31.0 Å². The van der Waals surface area contributed by atoms with Gasteiger partial charge in [0.1, 0.15) is 24.2 Å². The molecule has 0 aliphatic carbocycles. The molecule has 0 fully saturated rings. The van der Waals surface area contributed by atoms with Gasteiger partial charge in [-0.1, -0.05) is 69.7 Å². The lowest BCUT2D eigenvalue weighted by Crippen LogP contribution is -2.60. The van der Waals surface area contributed by atoms with Gasteiger partial charge in [0.15, 0.2) is 11.7 Å². The van der Waals surface area contributed by atoms with E-state index in [0.29, 0.717) is 12.0 Å². The molecular formula is C41H61N11O9. The van der Waals surface area contributed by atoms with E-state index in [1.807, 2.05) is 0 Å². The van der Waals surface area contributed by atoms with Crippen molar-refractivity contribution in [1.29, 1.82) is 0 Å². The van der Waals surface area contributed by atoms with Crippen molar-refractivity contribution < 1.29 is 43.5 Å². The number of primary amides is 2. The predicted molar refractivity (Wildman–Crippen MR) is 227 cm³/mol. The zero-order valence-corrected chi connectivity index (χ0v) is 35.0. The van der Waals surface area contributed by atoms with Crippen LogP contribution in [-0.4, -0.2) is 101 Å². The molecule has 20 heteroatoms. The number of ketones is 1. The fraction of sp³-hybridized carbons (Fsp3) is 0.488. The predicted octanol–water partition coefficient (Wildman–Crippen LogP) is -1.62. The number of carbonyl (C=O) groups excluding carboxylic acids is 8. The Kier molecular flexibility index (Phi) is 20.8. The zero-order chi connectivity index (χ0) is 45.8. The molecule has 0 bridgehead atoms. The van der Waals surface area contributed by atoms with Crippen LogP contribution in [0.3, 0.4) is 0 Å². The summed E-state index contributed by atoms with van der Waals surface area (Å²) in [7, 11) is 0. The Hall–Kier alpha value is -6.57. The molecule has 7 amide bonds.